The number of aromatic nitrogens is 2. The normalized spacial score (nSPS) is 21.9. The van der Waals surface area contributed by atoms with Crippen molar-refractivity contribution < 1.29 is 0 Å². The molecule has 2 aromatic rings. The van der Waals surface area contributed by atoms with Crippen molar-refractivity contribution in [3.05, 3.63) is 35.7 Å². The highest BCUT2D eigenvalue weighted by molar-refractivity contribution is 8.01. The molecule has 2 atom stereocenters. The van der Waals surface area contributed by atoms with Gasteiger partial charge in [-0.2, -0.15) is 0 Å². The molecule has 20 heavy (non-hydrogen) atoms. The molecular weight excluding hydrogens is 286 g/mol. The molecule has 0 amide bonds. The molecule has 0 spiro atoms. The van der Waals surface area contributed by atoms with Crippen LogP contribution in [-0.4, -0.2) is 21.3 Å². The van der Waals surface area contributed by atoms with Gasteiger partial charge in [0.2, 0.25) is 0 Å². The first-order valence-electron chi connectivity index (χ1n) is 7.26. The summed E-state index contributed by atoms with van der Waals surface area (Å²) < 4.78 is 3.66. The fourth-order valence-corrected chi connectivity index (χ4v) is 5.22. The van der Waals surface area contributed by atoms with Gasteiger partial charge in [0.05, 0.1) is 10.5 Å². The number of imidazole rings is 1. The van der Waals surface area contributed by atoms with E-state index in [4.69, 9.17) is 0 Å². The van der Waals surface area contributed by atoms with Gasteiger partial charge in [0, 0.05) is 30.2 Å². The maximum absolute atomic E-state index is 4.07. The molecule has 5 heteroatoms. The molecule has 1 aliphatic heterocycles. The summed E-state index contributed by atoms with van der Waals surface area (Å²) >= 11 is 3.92. The van der Waals surface area contributed by atoms with Crippen molar-refractivity contribution in [3.8, 4) is 0 Å². The quantitative estimate of drug-likeness (QED) is 0.820. The fraction of sp³-hybridized carbons (Fsp3) is 0.533. The van der Waals surface area contributed by atoms with Crippen LogP contribution in [0.5, 0.6) is 0 Å². The highest BCUT2D eigenvalue weighted by atomic mass is 32.2. The molecule has 108 valence electrons. The minimum Gasteiger partial charge on any atom is -0.337 e. The second-order valence-corrected chi connectivity index (χ2v) is 7.97. The van der Waals surface area contributed by atoms with Crippen molar-refractivity contribution in [2.24, 2.45) is 0 Å². The Balaban J connectivity index is 1.43. The van der Waals surface area contributed by atoms with E-state index < -0.39 is 0 Å². The van der Waals surface area contributed by atoms with Crippen LogP contribution in [0.25, 0.3) is 0 Å². The molecule has 3 rings (SSSR count). The molecular formula is C15H21N3S2. The summed E-state index contributed by atoms with van der Waals surface area (Å²) in [6, 6.07) is 2.85. The zero-order valence-corrected chi connectivity index (χ0v) is 13.4. The Morgan fingerprint density at radius 2 is 2.40 bits per heavy atom. The number of nitrogens with zero attached hydrogens (tertiary/aromatic N) is 2. The smallest absolute Gasteiger partial charge is 0.0945 e. The number of thioether (sulfide) groups is 1. The summed E-state index contributed by atoms with van der Waals surface area (Å²) in [5.74, 6) is 0. The van der Waals surface area contributed by atoms with E-state index >= 15 is 0 Å². The number of thiophene rings is 1. The average molecular weight is 307 g/mol. The predicted octanol–water partition coefficient (Wildman–Crippen LogP) is 3.94. The summed E-state index contributed by atoms with van der Waals surface area (Å²) in [7, 11) is 0. The molecule has 0 radical (unpaired) electrons. The molecule has 0 bridgehead atoms. The number of hydrogen-bond acceptors (Lipinski definition) is 4. The van der Waals surface area contributed by atoms with Crippen molar-refractivity contribution in [3.63, 3.8) is 0 Å². The zero-order chi connectivity index (χ0) is 13.8. The Kier molecular flexibility index (Phi) is 4.81. The molecule has 0 aliphatic carbocycles. The van der Waals surface area contributed by atoms with Crippen LogP contribution in [0.2, 0.25) is 0 Å². The summed E-state index contributed by atoms with van der Waals surface area (Å²) in [4.78, 5) is 4.07. The van der Waals surface area contributed by atoms with E-state index in [1.165, 1.54) is 29.0 Å². The number of nitrogens with one attached hydrogen (secondary N) is 1. The zero-order valence-electron chi connectivity index (χ0n) is 11.8. The molecule has 0 saturated heterocycles. The van der Waals surface area contributed by atoms with E-state index in [1.807, 2.05) is 41.8 Å². The van der Waals surface area contributed by atoms with E-state index in [2.05, 4.69) is 33.2 Å². The number of hydrogen-bond donors (Lipinski definition) is 1. The lowest BCUT2D eigenvalue weighted by Gasteiger charge is -2.27. The van der Waals surface area contributed by atoms with Crippen LogP contribution in [0.3, 0.4) is 0 Å². The van der Waals surface area contributed by atoms with Crippen molar-refractivity contribution in [1.29, 1.82) is 0 Å². The van der Waals surface area contributed by atoms with Gasteiger partial charge in [0.25, 0.3) is 0 Å². The fourth-order valence-electron chi connectivity index (χ4n) is 2.66. The van der Waals surface area contributed by atoms with E-state index in [9.17, 15) is 0 Å². The van der Waals surface area contributed by atoms with E-state index in [0.29, 0.717) is 6.04 Å². The Labute approximate surface area is 128 Å². The number of fused-ring (bicyclic) bond motifs is 1. The largest absolute Gasteiger partial charge is 0.337 e. The monoisotopic (exact) mass is 307 g/mol. The first-order chi connectivity index (χ1) is 9.83. The van der Waals surface area contributed by atoms with Gasteiger partial charge >= 0.3 is 0 Å². The lowest BCUT2D eigenvalue weighted by molar-refractivity contribution is 0.469. The van der Waals surface area contributed by atoms with Gasteiger partial charge in [-0.05, 0) is 42.8 Å². The van der Waals surface area contributed by atoms with Crippen molar-refractivity contribution in [2.75, 3.05) is 6.54 Å². The maximum Gasteiger partial charge on any atom is 0.0945 e. The lowest BCUT2D eigenvalue weighted by atomic mass is 10.0. The Bertz CT molecular complexity index is 521. The predicted molar refractivity (Wildman–Crippen MR) is 86.5 cm³/mol. The molecule has 1 aliphatic rings. The lowest BCUT2D eigenvalue weighted by Crippen LogP contribution is -2.27. The number of aryl methyl sites for hydroxylation is 1. The van der Waals surface area contributed by atoms with Crippen LogP contribution in [-0.2, 0) is 6.54 Å². The van der Waals surface area contributed by atoms with Crippen molar-refractivity contribution in [1.82, 2.24) is 14.9 Å². The van der Waals surface area contributed by atoms with Gasteiger partial charge < -0.3 is 9.88 Å². The molecule has 0 fully saturated rings. The van der Waals surface area contributed by atoms with Crippen LogP contribution in [0, 0.1) is 0 Å². The minimum absolute atomic E-state index is 0.556. The topological polar surface area (TPSA) is 29.9 Å². The van der Waals surface area contributed by atoms with Crippen LogP contribution >= 0.6 is 23.1 Å². The third-order valence-corrected chi connectivity index (χ3v) is 6.05. The van der Waals surface area contributed by atoms with Gasteiger partial charge in [-0.3, -0.25) is 0 Å². The summed E-state index contributed by atoms with van der Waals surface area (Å²) in [6.07, 6.45) is 9.44. The minimum atomic E-state index is 0.556. The van der Waals surface area contributed by atoms with E-state index in [-0.39, 0.29) is 0 Å². The molecule has 2 aromatic heterocycles. The van der Waals surface area contributed by atoms with Gasteiger partial charge in [-0.25, -0.2) is 4.98 Å². The van der Waals surface area contributed by atoms with Crippen LogP contribution in [0.1, 0.15) is 37.8 Å². The average Bonchev–Trinajstić information content (AvgIpc) is 3.08. The summed E-state index contributed by atoms with van der Waals surface area (Å²) in [5, 5.41) is 6.69. The standard InChI is InChI=1S/C15H21N3S2/c1-12-10-14(13-4-9-19-15(13)20-12)17-5-2-3-7-18-8-6-16-11-18/h4,6,8-9,11-12,14,17H,2-3,5,7,10H2,1H3/t12-,14?/m0/s1. The second-order valence-electron chi connectivity index (χ2n) is 5.34. The Morgan fingerprint density at radius 1 is 1.45 bits per heavy atom. The molecule has 0 saturated carbocycles. The molecule has 3 nitrogen and oxygen atoms in total. The first kappa shape index (κ1) is 14.2. The third kappa shape index (κ3) is 3.45. The number of unbranched alkanes of at least 4 members (excludes halogenated alkanes) is 1. The number of rotatable bonds is 6. The van der Waals surface area contributed by atoms with Crippen molar-refractivity contribution in [2.45, 2.75) is 48.2 Å². The Morgan fingerprint density at radius 3 is 3.25 bits per heavy atom. The van der Waals surface area contributed by atoms with Gasteiger partial charge in [-0.15, -0.1) is 23.1 Å². The first-order valence-corrected chi connectivity index (χ1v) is 9.02. The second kappa shape index (κ2) is 6.78. The summed E-state index contributed by atoms with van der Waals surface area (Å²) in [5.41, 5.74) is 1.52. The molecule has 1 unspecified atom stereocenters. The SMILES string of the molecule is C[C@H]1CC(NCCCCn2ccnc2)c2ccsc2S1. The Hall–Kier alpha value is -0.780. The van der Waals surface area contributed by atoms with Gasteiger partial charge in [-0.1, -0.05) is 6.92 Å². The molecule has 1 N–H and O–H groups in total. The van der Waals surface area contributed by atoms with Crippen LogP contribution in [0.15, 0.2) is 34.4 Å². The third-order valence-electron chi connectivity index (χ3n) is 3.70. The highest BCUT2D eigenvalue weighted by Gasteiger charge is 2.25. The van der Waals surface area contributed by atoms with Gasteiger partial charge in [0.15, 0.2) is 0 Å². The van der Waals surface area contributed by atoms with Gasteiger partial charge in [0.1, 0.15) is 0 Å². The van der Waals surface area contributed by atoms with Crippen LogP contribution in [0.4, 0.5) is 0 Å². The maximum atomic E-state index is 4.07. The summed E-state index contributed by atoms with van der Waals surface area (Å²) in [6.45, 7) is 4.51. The highest BCUT2D eigenvalue weighted by Crippen LogP contribution is 2.43. The molecule has 0 aromatic carbocycles. The molecule has 3 heterocycles. The van der Waals surface area contributed by atoms with Crippen molar-refractivity contribution >= 4 is 23.1 Å². The van der Waals surface area contributed by atoms with E-state index in [0.717, 1.165) is 18.3 Å². The van der Waals surface area contributed by atoms with Crippen LogP contribution < -0.4 is 5.32 Å². The van der Waals surface area contributed by atoms with E-state index in [1.54, 1.807) is 0 Å².